The first kappa shape index (κ1) is 14.2. The Balaban J connectivity index is 1.94. The summed E-state index contributed by atoms with van der Waals surface area (Å²) in [5.41, 5.74) is 3.46. The van der Waals surface area contributed by atoms with Crippen molar-refractivity contribution >= 4 is 23.5 Å². The van der Waals surface area contributed by atoms with E-state index in [0.29, 0.717) is 11.1 Å². The standard InChI is InChI=1S/C18H14O3S/c19-16-7-12(8-17(20)10-16)1-2-14-9-13(3-4-18(14)21)15-5-6-22-11-15/h1-11,19-21H/b2-1+. The fourth-order valence-electron chi connectivity index (χ4n) is 2.20. The molecule has 1 aromatic heterocycles. The third-order valence-corrected chi connectivity index (χ3v) is 3.95. The van der Waals surface area contributed by atoms with Gasteiger partial charge in [-0.2, -0.15) is 11.3 Å². The van der Waals surface area contributed by atoms with E-state index in [0.717, 1.165) is 11.1 Å². The Morgan fingerprint density at radius 3 is 2.23 bits per heavy atom. The first-order chi connectivity index (χ1) is 10.6. The molecule has 0 bridgehead atoms. The highest BCUT2D eigenvalue weighted by Crippen LogP contribution is 2.29. The van der Waals surface area contributed by atoms with Crippen molar-refractivity contribution in [3.63, 3.8) is 0 Å². The van der Waals surface area contributed by atoms with Gasteiger partial charge in [0.15, 0.2) is 0 Å². The second kappa shape index (κ2) is 5.95. The van der Waals surface area contributed by atoms with E-state index in [4.69, 9.17) is 0 Å². The molecule has 0 amide bonds. The van der Waals surface area contributed by atoms with Crippen molar-refractivity contribution < 1.29 is 15.3 Å². The minimum absolute atomic E-state index is 0.00380. The van der Waals surface area contributed by atoms with E-state index in [1.54, 1.807) is 29.6 Å². The summed E-state index contributed by atoms with van der Waals surface area (Å²) >= 11 is 1.62. The third kappa shape index (κ3) is 3.13. The zero-order valence-electron chi connectivity index (χ0n) is 11.6. The van der Waals surface area contributed by atoms with Crippen LogP contribution in [0.4, 0.5) is 0 Å². The van der Waals surface area contributed by atoms with Gasteiger partial charge in [-0.25, -0.2) is 0 Å². The molecule has 0 atom stereocenters. The van der Waals surface area contributed by atoms with Crippen LogP contribution in [0, 0.1) is 0 Å². The van der Waals surface area contributed by atoms with Gasteiger partial charge in [-0.3, -0.25) is 0 Å². The molecule has 0 aliphatic carbocycles. The molecule has 0 unspecified atom stereocenters. The Kier molecular flexibility index (Phi) is 3.85. The number of aromatic hydroxyl groups is 3. The van der Waals surface area contributed by atoms with Gasteiger partial charge in [-0.05, 0) is 57.8 Å². The van der Waals surface area contributed by atoms with Gasteiger partial charge in [0.25, 0.3) is 0 Å². The average Bonchev–Trinajstić information content (AvgIpc) is 2.99. The summed E-state index contributed by atoms with van der Waals surface area (Å²) in [4.78, 5) is 0. The maximum absolute atomic E-state index is 9.97. The summed E-state index contributed by atoms with van der Waals surface area (Å²) in [6.45, 7) is 0. The summed E-state index contributed by atoms with van der Waals surface area (Å²) in [7, 11) is 0. The largest absolute Gasteiger partial charge is 0.508 e. The normalized spacial score (nSPS) is 11.1. The molecule has 3 nitrogen and oxygen atoms in total. The molecule has 3 aromatic rings. The second-order valence-corrected chi connectivity index (χ2v) is 5.68. The van der Waals surface area contributed by atoms with Gasteiger partial charge in [0, 0.05) is 11.6 Å². The van der Waals surface area contributed by atoms with Crippen molar-refractivity contribution in [2.45, 2.75) is 0 Å². The van der Waals surface area contributed by atoms with Gasteiger partial charge in [-0.1, -0.05) is 18.2 Å². The van der Waals surface area contributed by atoms with Crippen LogP contribution in [-0.4, -0.2) is 15.3 Å². The minimum Gasteiger partial charge on any atom is -0.508 e. The van der Waals surface area contributed by atoms with Gasteiger partial charge in [0.05, 0.1) is 0 Å². The van der Waals surface area contributed by atoms with Crippen LogP contribution in [0.15, 0.2) is 53.2 Å². The number of rotatable bonds is 3. The molecule has 3 rings (SSSR count). The number of benzene rings is 2. The van der Waals surface area contributed by atoms with Crippen molar-refractivity contribution in [1.29, 1.82) is 0 Å². The summed E-state index contributed by atoms with van der Waals surface area (Å²) in [5, 5.41) is 33.0. The van der Waals surface area contributed by atoms with Gasteiger partial charge >= 0.3 is 0 Å². The Labute approximate surface area is 132 Å². The Hall–Kier alpha value is -2.72. The summed E-state index contributed by atoms with van der Waals surface area (Å²) in [6.07, 6.45) is 3.48. The van der Waals surface area contributed by atoms with Crippen LogP contribution in [0.3, 0.4) is 0 Å². The molecule has 0 saturated carbocycles. The van der Waals surface area contributed by atoms with Crippen LogP contribution >= 0.6 is 11.3 Å². The van der Waals surface area contributed by atoms with Crippen LogP contribution in [0.25, 0.3) is 23.3 Å². The number of hydrogen-bond donors (Lipinski definition) is 3. The molecule has 0 radical (unpaired) electrons. The zero-order valence-corrected chi connectivity index (χ0v) is 12.4. The fraction of sp³-hybridized carbons (Fsp3) is 0. The lowest BCUT2D eigenvalue weighted by molar-refractivity contribution is 0.450. The van der Waals surface area contributed by atoms with E-state index < -0.39 is 0 Å². The lowest BCUT2D eigenvalue weighted by Gasteiger charge is -2.04. The molecule has 0 aliphatic rings. The first-order valence-electron chi connectivity index (χ1n) is 6.68. The van der Waals surface area contributed by atoms with Crippen molar-refractivity contribution in [3.8, 4) is 28.4 Å². The molecule has 22 heavy (non-hydrogen) atoms. The highest BCUT2D eigenvalue weighted by Gasteiger charge is 2.03. The zero-order chi connectivity index (χ0) is 15.5. The van der Waals surface area contributed by atoms with Gasteiger partial charge in [0.1, 0.15) is 17.2 Å². The van der Waals surface area contributed by atoms with Crippen molar-refractivity contribution in [3.05, 3.63) is 64.4 Å². The molecule has 0 saturated heterocycles. The Bertz CT molecular complexity index is 800. The van der Waals surface area contributed by atoms with Crippen molar-refractivity contribution in [2.75, 3.05) is 0 Å². The molecular formula is C18H14O3S. The maximum Gasteiger partial charge on any atom is 0.122 e. The highest BCUT2D eigenvalue weighted by atomic mass is 32.1. The van der Waals surface area contributed by atoms with E-state index in [1.165, 1.54) is 18.2 Å². The fourth-order valence-corrected chi connectivity index (χ4v) is 2.86. The molecule has 3 N–H and O–H groups in total. The number of phenols is 3. The molecule has 0 spiro atoms. The summed E-state index contributed by atoms with van der Waals surface area (Å²) < 4.78 is 0. The van der Waals surface area contributed by atoms with E-state index in [9.17, 15) is 15.3 Å². The quantitative estimate of drug-likeness (QED) is 0.614. The predicted octanol–water partition coefficient (Wildman–Crippen LogP) is 4.70. The van der Waals surface area contributed by atoms with Gasteiger partial charge in [0.2, 0.25) is 0 Å². The van der Waals surface area contributed by atoms with Gasteiger partial charge < -0.3 is 15.3 Å². The summed E-state index contributed by atoms with van der Waals surface area (Å²) in [5.74, 6) is 0.173. The van der Waals surface area contributed by atoms with E-state index in [2.05, 4.69) is 0 Å². The topological polar surface area (TPSA) is 60.7 Å². The lowest BCUT2D eigenvalue weighted by Crippen LogP contribution is -1.79. The van der Waals surface area contributed by atoms with E-state index in [1.807, 2.05) is 29.0 Å². The molecule has 2 aromatic carbocycles. The van der Waals surface area contributed by atoms with E-state index >= 15 is 0 Å². The van der Waals surface area contributed by atoms with Crippen LogP contribution in [0.5, 0.6) is 17.2 Å². The minimum atomic E-state index is -0.00380. The predicted molar refractivity (Wildman–Crippen MR) is 90.1 cm³/mol. The Morgan fingerprint density at radius 1 is 0.773 bits per heavy atom. The number of hydrogen-bond acceptors (Lipinski definition) is 4. The molecular weight excluding hydrogens is 296 g/mol. The monoisotopic (exact) mass is 310 g/mol. The van der Waals surface area contributed by atoms with Crippen molar-refractivity contribution in [2.24, 2.45) is 0 Å². The molecule has 110 valence electrons. The van der Waals surface area contributed by atoms with Crippen LogP contribution in [-0.2, 0) is 0 Å². The Morgan fingerprint density at radius 2 is 1.55 bits per heavy atom. The summed E-state index contributed by atoms with van der Waals surface area (Å²) in [6, 6.07) is 11.8. The number of thiophene rings is 1. The van der Waals surface area contributed by atoms with E-state index in [-0.39, 0.29) is 17.2 Å². The molecule has 4 heteroatoms. The second-order valence-electron chi connectivity index (χ2n) is 4.90. The molecule has 0 aliphatic heterocycles. The average molecular weight is 310 g/mol. The number of phenolic OH excluding ortho intramolecular Hbond substituents is 3. The van der Waals surface area contributed by atoms with Crippen LogP contribution < -0.4 is 0 Å². The third-order valence-electron chi connectivity index (χ3n) is 3.26. The molecule has 1 heterocycles. The maximum atomic E-state index is 9.97. The molecule has 0 fully saturated rings. The highest BCUT2D eigenvalue weighted by molar-refractivity contribution is 7.08. The van der Waals surface area contributed by atoms with Gasteiger partial charge in [-0.15, -0.1) is 0 Å². The van der Waals surface area contributed by atoms with Crippen LogP contribution in [0.1, 0.15) is 11.1 Å². The van der Waals surface area contributed by atoms with Crippen molar-refractivity contribution in [1.82, 2.24) is 0 Å². The van der Waals surface area contributed by atoms with Crippen LogP contribution in [0.2, 0.25) is 0 Å². The first-order valence-corrected chi connectivity index (χ1v) is 7.63. The SMILES string of the molecule is Oc1cc(O)cc(/C=C/c2cc(-c3ccsc3)ccc2O)c1. The smallest absolute Gasteiger partial charge is 0.122 e. The lowest BCUT2D eigenvalue weighted by atomic mass is 10.0.